The van der Waals surface area contributed by atoms with E-state index in [1.54, 1.807) is 12.4 Å². The molecule has 0 fully saturated rings. The number of nitrogens with one attached hydrogen (secondary N) is 1. The zero-order chi connectivity index (χ0) is 14.3. The van der Waals surface area contributed by atoms with Crippen LogP contribution in [-0.4, -0.2) is 9.97 Å². The zero-order valence-corrected chi connectivity index (χ0v) is 11.7. The van der Waals surface area contributed by atoms with Crippen LogP contribution in [0, 0.1) is 0 Å². The van der Waals surface area contributed by atoms with Gasteiger partial charge in [-0.1, -0.05) is 60.7 Å². The number of hydrogen-bond acceptors (Lipinski definition) is 3. The van der Waals surface area contributed by atoms with E-state index in [0.717, 1.165) is 12.2 Å². The second-order valence-corrected chi connectivity index (χ2v) is 4.84. The molecule has 0 saturated heterocycles. The summed E-state index contributed by atoms with van der Waals surface area (Å²) >= 11 is 0. The summed E-state index contributed by atoms with van der Waals surface area (Å²) in [5.74, 6) is 0. The van der Waals surface area contributed by atoms with Crippen LogP contribution in [0.15, 0.2) is 79.3 Å². The van der Waals surface area contributed by atoms with Gasteiger partial charge in [-0.2, -0.15) is 0 Å². The van der Waals surface area contributed by atoms with Crippen molar-refractivity contribution < 1.29 is 0 Å². The quantitative estimate of drug-likeness (QED) is 0.776. The van der Waals surface area contributed by atoms with Crippen molar-refractivity contribution in [1.82, 2.24) is 15.3 Å². The Labute approximate surface area is 124 Å². The van der Waals surface area contributed by atoms with Crippen LogP contribution < -0.4 is 5.32 Å². The lowest BCUT2D eigenvalue weighted by atomic mass is 10.0. The van der Waals surface area contributed by atoms with Gasteiger partial charge in [0.05, 0.1) is 17.9 Å². The van der Waals surface area contributed by atoms with E-state index in [1.807, 2.05) is 30.5 Å². The van der Waals surface area contributed by atoms with E-state index in [1.165, 1.54) is 11.1 Å². The summed E-state index contributed by atoms with van der Waals surface area (Å²) in [6.07, 6.45) is 5.24. The monoisotopic (exact) mass is 275 g/mol. The fourth-order valence-electron chi connectivity index (χ4n) is 2.31. The van der Waals surface area contributed by atoms with Gasteiger partial charge in [-0.25, -0.2) is 0 Å². The Morgan fingerprint density at radius 2 is 1.57 bits per heavy atom. The van der Waals surface area contributed by atoms with E-state index in [2.05, 4.69) is 51.7 Å². The molecule has 3 aromatic rings. The summed E-state index contributed by atoms with van der Waals surface area (Å²) in [5.41, 5.74) is 3.37. The van der Waals surface area contributed by atoms with E-state index in [4.69, 9.17) is 0 Å². The normalized spacial score (nSPS) is 12.0. The van der Waals surface area contributed by atoms with Gasteiger partial charge in [0.15, 0.2) is 0 Å². The highest BCUT2D eigenvalue weighted by Crippen LogP contribution is 2.19. The molecule has 2 aromatic carbocycles. The van der Waals surface area contributed by atoms with Gasteiger partial charge in [0.25, 0.3) is 0 Å². The van der Waals surface area contributed by atoms with Crippen LogP contribution in [0.3, 0.4) is 0 Å². The first kappa shape index (κ1) is 13.5. The predicted molar refractivity (Wildman–Crippen MR) is 83.6 cm³/mol. The van der Waals surface area contributed by atoms with Crippen LogP contribution in [0.25, 0.3) is 0 Å². The Hall–Kier alpha value is -2.52. The fraction of sp³-hybridized carbons (Fsp3) is 0.111. The van der Waals surface area contributed by atoms with Gasteiger partial charge in [0.2, 0.25) is 0 Å². The number of aromatic nitrogens is 2. The summed E-state index contributed by atoms with van der Waals surface area (Å²) in [7, 11) is 0. The minimum Gasteiger partial charge on any atom is -0.301 e. The zero-order valence-electron chi connectivity index (χ0n) is 11.7. The summed E-state index contributed by atoms with van der Waals surface area (Å²) in [6, 6.07) is 20.7. The van der Waals surface area contributed by atoms with Gasteiger partial charge in [-0.15, -0.1) is 0 Å². The summed E-state index contributed by atoms with van der Waals surface area (Å²) in [5, 5.41) is 3.57. The Bertz CT molecular complexity index is 614. The second-order valence-electron chi connectivity index (χ2n) is 4.84. The van der Waals surface area contributed by atoms with Gasteiger partial charge in [0, 0.05) is 18.9 Å². The lowest BCUT2D eigenvalue weighted by Gasteiger charge is -2.18. The van der Waals surface area contributed by atoms with E-state index in [0.29, 0.717) is 0 Å². The van der Waals surface area contributed by atoms with Crippen LogP contribution in [0.4, 0.5) is 0 Å². The lowest BCUT2D eigenvalue weighted by molar-refractivity contribution is 0.589. The molecule has 1 heterocycles. The summed E-state index contributed by atoms with van der Waals surface area (Å²) in [4.78, 5) is 8.63. The van der Waals surface area contributed by atoms with E-state index in [9.17, 15) is 0 Å². The number of hydrogen-bond donors (Lipinski definition) is 1. The number of rotatable bonds is 5. The van der Waals surface area contributed by atoms with E-state index in [-0.39, 0.29) is 6.04 Å². The molecule has 1 aromatic heterocycles. The third-order valence-electron chi connectivity index (χ3n) is 3.36. The molecule has 1 atom stereocenters. The Balaban J connectivity index is 1.83. The second kappa shape index (κ2) is 6.77. The molecule has 0 aliphatic carbocycles. The molecule has 1 unspecified atom stereocenters. The van der Waals surface area contributed by atoms with Crippen molar-refractivity contribution in [1.29, 1.82) is 0 Å². The van der Waals surface area contributed by atoms with Crippen LogP contribution in [0.5, 0.6) is 0 Å². The van der Waals surface area contributed by atoms with Crippen molar-refractivity contribution in [3.8, 4) is 0 Å². The van der Waals surface area contributed by atoms with Crippen molar-refractivity contribution in [3.05, 3.63) is 96.1 Å². The molecular formula is C18H17N3. The van der Waals surface area contributed by atoms with Crippen molar-refractivity contribution in [2.24, 2.45) is 0 Å². The van der Waals surface area contributed by atoms with Gasteiger partial charge in [-0.3, -0.25) is 9.97 Å². The average Bonchev–Trinajstić information content (AvgIpc) is 2.58. The molecule has 0 spiro atoms. The highest BCUT2D eigenvalue weighted by atomic mass is 14.9. The molecule has 3 rings (SSSR count). The van der Waals surface area contributed by atoms with Gasteiger partial charge < -0.3 is 5.32 Å². The predicted octanol–water partition coefficient (Wildman–Crippen LogP) is 3.36. The van der Waals surface area contributed by atoms with E-state index < -0.39 is 0 Å². The molecule has 0 amide bonds. The standard InChI is InChI=1S/C18H17N3/c1-3-7-15(8-4-1)13-21-18(16-9-5-2-6-10-16)17-14-19-11-12-20-17/h1-12,14,18,21H,13H2. The maximum Gasteiger partial charge on any atom is 0.0801 e. The van der Waals surface area contributed by atoms with Crippen molar-refractivity contribution >= 4 is 0 Å². The van der Waals surface area contributed by atoms with Gasteiger partial charge in [-0.05, 0) is 11.1 Å². The van der Waals surface area contributed by atoms with Crippen LogP contribution >= 0.6 is 0 Å². The molecule has 0 radical (unpaired) electrons. The van der Waals surface area contributed by atoms with Crippen molar-refractivity contribution in [2.45, 2.75) is 12.6 Å². The Morgan fingerprint density at radius 1 is 0.857 bits per heavy atom. The molecule has 3 nitrogen and oxygen atoms in total. The smallest absolute Gasteiger partial charge is 0.0801 e. The first-order valence-corrected chi connectivity index (χ1v) is 7.01. The van der Waals surface area contributed by atoms with Crippen LogP contribution in [0.1, 0.15) is 22.9 Å². The molecule has 0 saturated carbocycles. The summed E-state index contributed by atoms with van der Waals surface area (Å²) < 4.78 is 0. The number of benzene rings is 2. The van der Waals surface area contributed by atoms with Gasteiger partial charge >= 0.3 is 0 Å². The fourth-order valence-corrected chi connectivity index (χ4v) is 2.31. The minimum absolute atomic E-state index is 0.0418. The first-order valence-electron chi connectivity index (χ1n) is 7.01. The third kappa shape index (κ3) is 3.52. The number of nitrogens with zero attached hydrogens (tertiary/aromatic N) is 2. The molecule has 0 aliphatic heterocycles. The van der Waals surface area contributed by atoms with Crippen LogP contribution in [0.2, 0.25) is 0 Å². The Kier molecular flexibility index (Phi) is 4.34. The maximum atomic E-state index is 4.44. The third-order valence-corrected chi connectivity index (χ3v) is 3.36. The van der Waals surface area contributed by atoms with Crippen molar-refractivity contribution in [2.75, 3.05) is 0 Å². The molecule has 1 N–H and O–H groups in total. The molecular weight excluding hydrogens is 258 g/mol. The highest BCUT2D eigenvalue weighted by molar-refractivity contribution is 5.27. The van der Waals surface area contributed by atoms with Gasteiger partial charge in [0.1, 0.15) is 0 Å². The largest absolute Gasteiger partial charge is 0.301 e. The molecule has 21 heavy (non-hydrogen) atoms. The van der Waals surface area contributed by atoms with Crippen LogP contribution in [-0.2, 0) is 6.54 Å². The topological polar surface area (TPSA) is 37.8 Å². The van der Waals surface area contributed by atoms with E-state index >= 15 is 0 Å². The molecule has 0 aliphatic rings. The molecule has 104 valence electrons. The SMILES string of the molecule is c1ccc(CNC(c2ccccc2)c2cnccn2)cc1. The molecule has 3 heteroatoms. The average molecular weight is 275 g/mol. The molecule has 0 bridgehead atoms. The first-order chi connectivity index (χ1) is 10.4. The summed E-state index contributed by atoms with van der Waals surface area (Å²) in [6.45, 7) is 0.789. The lowest BCUT2D eigenvalue weighted by Crippen LogP contribution is -2.23. The Morgan fingerprint density at radius 3 is 2.24 bits per heavy atom. The highest BCUT2D eigenvalue weighted by Gasteiger charge is 2.14. The maximum absolute atomic E-state index is 4.44. The minimum atomic E-state index is 0.0418. The van der Waals surface area contributed by atoms with Crippen molar-refractivity contribution in [3.63, 3.8) is 0 Å².